The molecule has 7 heteroatoms. The van der Waals surface area contributed by atoms with Crippen LogP contribution in [0.2, 0.25) is 0 Å². The van der Waals surface area contributed by atoms with Crippen molar-refractivity contribution >= 4 is 17.3 Å². The second kappa shape index (κ2) is 9.51. The number of aliphatic carboxylic acids is 1. The van der Waals surface area contributed by atoms with Crippen LogP contribution in [0.3, 0.4) is 0 Å². The lowest BCUT2D eigenvalue weighted by atomic mass is 10.0. The van der Waals surface area contributed by atoms with Crippen LogP contribution in [-0.4, -0.2) is 27.9 Å². The number of nitrogens with zero attached hydrogens (tertiary/aromatic N) is 3. The molecule has 3 rings (SSSR count). The van der Waals surface area contributed by atoms with Crippen molar-refractivity contribution in [2.75, 3.05) is 6.61 Å². The van der Waals surface area contributed by atoms with E-state index in [4.69, 9.17) is 9.84 Å². The first-order valence-electron chi connectivity index (χ1n) is 9.70. The van der Waals surface area contributed by atoms with E-state index in [-0.39, 0.29) is 6.42 Å². The van der Waals surface area contributed by atoms with Gasteiger partial charge in [-0.25, -0.2) is 0 Å². The summed E-state index contributed by atoms with van der Waals surface area (Å²) in [4.78, 5) is 10.8. The van der Waals surface area contributed by atoms with Gasteiger partial charge in [-0.15, -0.1) is 10.2 Å². The van der Waals surface area contributed by atoms with Gasteiger partial charge in [-0.1, -0.05) is 43.4 Å². The Morgan fingerprint density at radius 3 is 2.63 bits per heavy atom. The van der Waals surface area contributed by atoms with Gasteiger partial charge >= 0.3 is 5.97 Å². The van der Waals surface area contributed by atoms with Crippen molar-refractivity contribution < 1.29 is 14.6 Å². The van der Waals surface area contributed by atoms with Crippen LogP contribution in [0.15, 0.2) is 36.4 Å². The van der Waals surface area contributed by atoms with Gasteiger partial charge < -0.3 is 9.84 Å². The van der Waals surface area contributed by atoms with Crippen molar-refractivity contribution in [1.82, 2.24) is 10.2 Å². The standard InChI is InChI=1S/C23H23N3O3S/c1-14(2)13-29-20-8-6-17(11-18(20)12-24)22-25-26-23(30-22)19-7-4-16(10-15(19)3)5-9-21(27)28/h4,6-8,10-11,14H,5,9,13H2,1-3H3,(H,27,28). The van der Waals surface area contributed by atoms with Crippen molar-refractivity contribution in [1.29, 1.82) is 5.26 Å². The van der Waals surface area contributed by atoms with E-state index in [0.717, 1.165) is 32.3 Å². The van der Waals surface area contributed by atoms with Crippen molar-refractivity contribution in [2.45, 2.75) is 33.6 Å². The average Bonchev–Trinajstić information content (AvgIpc) is 3.20. The summed E-state index contributed by atoms with van der Waals surface area (Å²) >= 11 is 1.45. The molecule has 0 aliphatic carbocycles. The number of rotatable bonds is 8. The molecular formula is C23H23N3O3S. The molecule has 0 spiro atoms. The number of ether oxygens (including phenoxy) is 1. The van der Waals surface area contributed by atoms with Crippen LogP contribution in [0.4, 0.5) is 0 Å². The lowest BCUT2D eigenvalue weighted by molar-refractivity contribution is -0.136. The maximum Gasteiger partial charge on any atom is 0.303 e. The monoisotopic (exact) mass is 421 g/mol. The number of carbonyl (C=O) groups is 1. The van der Waals surface area contributed by atoms with Gasteiger partial charge in [0.05, 0.1) is 12.2 Å². The molecule has 0 radical (unpaired) electrons. The van der Waals surface area contributed by atoms with Crippen LogP contribution in [0.25, 0.3) is 21.1 Å². The lowest BCUT2D eigenvalue weighted by Crippen LogP contribution is -2.05. The molecule has 6 nitrogen and oxygen atoms in total. The van der Waals surface area contributed by atoms with E-state index >= 15 is 0 Å². The third kappa shape index (κ3) is 5.22. The summed E-state index contributed by atoms with van der Waals surface area (Å²) in [7, 11) is 0. The van der Waals surface area contributed by atoms with Gasteiger partial charge in [0.15, 0.2) is 0 Å². The summed E-state index contributed by atoms with van der Waals surface area (Å²) in [5.41, 5.74) is 4.27. The normalized spacial score (nSPS) is 10.8. The summed E-state index contributed by atoms with van der Waals surface area (Å²) in [6.07, 6.45) is 0.611. The highest BCUT2D eigenvalue weighted by Crippen LogP contribution is 2.34. The second-order valence-corrected chi connectivity index (χ2v) is 8.46. The Kier molecular flexibility index (Phi) is 6.80. The van der Waals surface area contributed by atoms with E-state index in [1.807, 2.05) is 31.2 Å². The number of hydrogen-bond donors (Lipinski definition) is 1. The number of carboxylic acid groups (broad SMARTS) is 1. The predicted molar refractivity (Wildman–Crippen MR) is 117 cm³/mol. The van der Waals surface area contributed by atoms with Crippen molar-refractivity contribution in [2.24, 2.45) is 5.92 Å². The fraction of sp³-hybridized carbons (Fsp3) is 0.304. The fourth-order valence-electron chi connectivity index (χ4n) is 2.95. The summed E-state index contributed by atoms with van der Waals surface area (Å²) in [5, 5.41) is 28.5. The highest BCUT2D eigenvalue weighted by Gasteiger charge is 2.14. The highest BCUT2D eigenvalue weighted by molar-refractivity contribution is 7.17. The minimum absolute atomic E-state index is 0.111. The Morgan fingerprint density at radius 2 is 1.97 bits per heavy atom. The largest absolute Gasteiger partial charge is 0.492 e. The molecular weight excluding hydrogens is 398 g/mol. The molecule has 154 valence electrons. The van der Waals surface area contributed by atoms with E-state index in [1.54, 1.807) is 12.1 Å². The molecule has 0 unspecified atom stereocenters. The maximum atomic E-state index is 10.8. The summed E-state index contributed by atoms with van der Waals surface area (Å²) in [5.74, 6) is 0.149. The third-order valence-electron chi connectivity index (χ3n) is 4.49. The molecule has 0 aliphatic heterocycles. The van der Waals surface area contributed by atoms with E-state index in [0.29, 0.717) is 30.3 Å². The Labute approximate surface area is 179 Å². The fourth-order valence-corrected chi connectivity index (χ4v) is 3.88. The Hall–Kier alpha value is -3.24. The third-order valence-corrected chi connectivity index (χ3v) is 5.50. The van der Waals surface area contributed by atoms with Crippen LogP contribution in [0, 0.1) is 24.2 Å². The smallest absolute Gasteiger partial charge is 0.303 e. The molecule has 0 aliphatic rings. The second-order valence-electron chi connectivity index (χ2n) is 7.48. The van der Waals surface area contributed by atoms with Crippen LogP contribution < -0.4 is 4.74 Å². The van der Waals surface area contributed by atoms with Crippen LogP contribution >= 0.6 is 11.3 Å². The number of carboxylic acids is 1. The molecule has 0 atom stereocenters. The highest BCUT2D eigenvalue weighted by atomic mass is 32.1. The van der Waals surface area contributed by atoms with E-state index in [1.165, 1.54) is 11.3 Å². The van der Waals surface area contributed by atoms with Gasteiger partial charge in [-0.05, 0) is 48.6 Å². The summed E-state index contributed by atoms with van der Waals surface area (Å²) < 4.78 is 5.72. The quantitative estimate of drug-likeness (QED) is 0.543. The SMILES string of the molecule is Cc1cc(CCC(=O)O)ccc1-c1nnc(-c2ccc(OCC(C)C)c(C#N)c2)s1. The molecule has 1 aromatic heterocycles. The molecule has 0 saturated carbocycles. The molecule has 30 heavy (non-hydrogen) atoms. The Bertz CT molecular complexity index is 1100. The minimum Gasteiger partial charge on any atom is -0.492 e. The zero-order valence-electron chi connectivity index (χ0n) is 17.2. The number of hydrogen-bond acceptors (Lipinski definition) is 6. The molecule has 1 N–H and O–H groups in total. The van der Waals surface area contributed by atoms with Crippen LogP contribution in [-0.2, 0) is 11.2 Å². The van der Waals surface area contributed by atoms with Crippen molar-refractivity contribution in [3.63, 3.8) is 0 Å². The number of benzene rings is 2. The number of aryl methyl sites for hydroxylation is 2. The van der Waals surface area contributed by atoms with E-state index < -0.39 is 5.97 Å². The van der Waals surface area contributed by atoms with Gasteiger partial charge in [0.2, 0.25) is 0 Å². The van der Waals surface area contributed by atoms with E-state index in [2.05, 4.69) is 30.1 Å². The summed E-state index contributed by atoms with van der Waals surface area (Å²) in [6, 6.07) is 13.6. The topological polar surface area (TPSA) is 96.1 Å². The predicted octanol–water partition coefficient (Wildman–Crippen LogP) is 5.10. The van der Waals surface area contributed by atoms with Gasteiger partial charge in [-0.3, -0.25) is 4.79 Å². The number of nitriles is 1. The van der Waals surface area contributed by atoms with Crippen molar-refractivity contribution in [3.05, 3.63) is 53.1 Å². The van der Waals surface area contributed by atoms with Crippen LogP contribution in [0.1, 0.15) is 37.0 Å². The number of aromatic nitrogens is 2. The first-order valence-corrected chi connectivity index (χ1v) is 10.5. The molecule has 0 fully saturated rings. The zero-order valence-corrected chi connectivity index (χ0v) is 18.0. The maximum absolute atomic E-state index is 10.8. The zero-order chi connectivity index (χ0) is 21.7. The first-order chi connectivity index (χ1) is 14.4. The van der Waals surface area contributed by atoms with Crippen molar-refractivity contribution in [3.8, 4) is 33.0 Å². The molecule has 0 amide bonds. The Morgan fingerprint density at radius 1 is 1.20 bits per heavy atom. The molecule has 1 heterocycles. The van der Waals surface area contributed by atoms with Gasteiger partial charge in [0, 0.05) is 17.5 Å². The van der Waals surface area contributed by atoms with Gasteiger partial charge in [-0.2, -0.15) is 5.26 Å². The molecule has 3 aromatic rings. The summed E-state index contributed by atoms with van der Waals surface area (Å²) in [6.45, 7) is 6.65. The molecule has 0 bridgehead atoms. The van der Waals surface area contributed by atoms with E-state index in [9.17, 15) is 10.1 Å². The molecule has 2 aromatic carbocycles. The first kappa shape index (κ1) is 21.5. The lowest BCUT2D eigenvalue weighted by Gasteiger charge is -2.10. The van der Waals surface area contributed by atoms with Gasteiger partial charge in [0.1, 0.15) is 21.8 Å². The van der Waals surface area contributed by atoms with Crippen LogP contribution in [0.5, 0.6) is 5.75 Å². The van der Waals surface area contributed by atoms with Gasteiger partial charge in [0.25, 0.3) is 0 Å². The Balaban J connectivity index is 1.82. The average molecular weight is 422 g/mol. The minimum atomic E-state index is -0.803. The molecule has 0 saturated heterocycles.